The fourth-order valence-electron chi connectivity index (χ4n) is 0.905. The van der Waals surface area contributed by atoms with Crippen LogP contribution in [-0.4, -0.2) is 17.0 Å². The van der Waals surface area contributed by atoms with Crippen molar-refractivity contribution in [2.45, 2.75) is 0 Å². The molecule has 0 aliphatic heterocycles. The molecule has 0 aromatic heterocycles. The molecule has 0 bridgehead atoms. The normalized spacial score (nSPS) is 10.4. The fourth-order valence-corrected chi connectivity index (χ4v) is 1.20. The average Bonchev–Trinajstić information content (AvgIpc) is 2.21. The van der Waals surface area contributed by atoms with Crippen LogP contribution in [0.2, 0.25) is 10.0 Å². The SMILES string of the molecule is O=C(O)/C=C\C(=O)Nc1ccc(Cl)c(Cl)c1. The Kier molecular flexibility index (Phi) is 4.34. The van der Waals surface area contributed by atoms with Gasteiger partial charge in [0, 0.05) is 17.8 Å². The summed E-state index contributed by atoms with van der Waals surface area (Å²) in [5, 5.41) is 11.4. The van der Waals surface area contributed by atoms with E-state index in [4.69, 9.17) is 28.3 Å². The maximum absolute atomic E-state index is 11.2. The number of aliphatic carboxylic acids is 1. The van der Waals surface area contributed by atoms with Crippen LogP contribution in [0.5, 0.6) is 0 Å². The quantitative estimate of drug-likeness (QED) is 0.821. The van der Waals surface area contributed by atoms with Crippen LogP contribution in [0.15, 0.2) is 30.4 Å². The van der Waals surface area contributed by atoms with Crippen molar-refractivity contribution in [2.24, 2.45) is 0 Å². The lowest BCUT2D eigenvalue weighted by atomic mass is 10.3. The first-order valence-corrected chi connectivity index (χ1v) is 4.91. The van der Waals surface area contributed by atoms with Gasteiger partial charge in [-0.3, -0.25) is 4.79 Å². The van der Waals surface area contributed by atoms with Crippen molar-refractivity contribution in [3.8, 4) is 0 Å². The lowest BCUT2D eigenvalue weighted by Gasteiger charge is -2.03. The van der Waals surface area contributed by atoms with Crippen LogP contribution >= 0.6 is 23.2 Å². The van der Waals surface area contributed by atoms with Gasteiger partial charge in [-0.15, -0.1) is 0 Å². The van der Waals surface area contributed by atoms with Crippen molar-refractivity contribution in [1.82, 2.24) is 0 Å². The molecule has 84 valence electrons. The number of rotatable bonds is 3. The van der Waals surface area contributed by atoms with E-state index in [-0.39, 0.29) is 0 Å². The summed E-state index contributed by atoms with van der Waals surface area (Å²) >= 11 is 11.4. The Morgan fingerprint density at radius 1 is 1.19 bits per heavy atom. The lowest BCUT2D eigenvalue weighted by Crippen LogP contribution is -2.08. The van der Waals surface area contributed by atoms with Crippen molar-refractivity contribution in [3.05, 3.63) is 40.4 Å². The Balaban J connectivity index is 2.70. The Hall–Kier alpha value is -1.52. The van der Waals surface area contributed by atoms with Crippen molar-refractivity contribution in [3.63, 3.8) is 0 Å². The molecule has 0 aliphatic carbocycles. The minimum absolute atomic E-state index is 0.307. The average molecular weight is 260 g/mol. The van der Waals surface area contributed by atoms with E-state index in [9.17, 15) is 9.59 Å². The molecule has 1 aromatic carbocycles. The van der Waals surface area contributed by atoms with Gasteiger partial charge in [0.25, 0.3) is 0 Å². The highest BCUT2D eigenvalue weighted by atomic mass is 35.5. The molecule has 0 radical (unpaired) electrons. The zero-order chi connectivity index (χ0) is 12.1. The third kappa shape index (κ3) is 3.92. The summed E-state index contributed by atoms with van der Waals surface area (Å²) in [6, 6.07) is 4.55. The second-order valence-electron chi connectivity index (χ2n) is 2.79. The van der Waals surface area contributed by atoms with Gasteiger partial charge < -0.3 is 10.4 Å². The standard InChI is InChI=1S/C10H7Cl2NO3/c11-7-2-1-6(5-8(7)12)13-9(14)3-4-10(15)16/h1-5H,(H,13,14)(H,15,16)/b4-3-. The minimum atomic E-state index is -1.19. The maximum Gasteiger partial charge on any atom is 0.328 e. The number of carbonyl (C=O) groups is 2. The van der Waals surface area contributed by atoms with Gasteiger partial charge in [-0.05, 0) is 18.2 Å². The Morgan fingerprint density at radius 2 is 1.88 bits per heavy atom. The van der Waals surface area contributed by atoms with Gasteiger partial charge in [0.15, 0.2) is 0 Å². The van der Waals surface area contributed by atoms with Crippen molar-refractivity contribution in [2.75, 3.05) is 5.32 Å². The van der Waals surface area contributed by atoms with Gasteiger partial charge in [0.05, 0.1) is 10.0 Å². The summed E-state index contributed by atoms with van der Waals surface area (Å²) in [5.74, 6) is -1.75. The van der Waals surface area contributed by atoms with E-state index in [1.807, 2.05) is 0 Å². The number of hydrogen-bond acceptors (Lipinski definition) is 2. The van der Waals surface area contributed by atoms with Crippen LogP contribution in [0.4, 0.5) is 5.69 Å². The first-order valence-electron chi connectivity index (χ1n) is 4.16. The molecule has 0 saturated carbocycles. The summed E-state index contributed by atoms with van der Waals surface area (Å²) in [5.41, 5.74) is 0.439. The van der Waals surface area contributed by atoms with E-state index in [2.05, 4.69) is 5.32 Å². The molecule has 0 saturated heterocycles. The van der Waals surface area contributed by atoms with Crippen LogP contribution < -0.4 is 5.32 Å². The highest BCUT2D eigenvalue weighted by Gasteiger charge is 2.02. The molecule has 16 heavy (non-hydrogen) atoms. The molecule has 1 amide bonds. The molecule has 1 rings (SSSR count). The van der Waals surface area contributed by atoms with Crippen LogP contribution in [0, 0.1) is 0 Å². The molecule has 2 N–H and O–H groups in total. The number of anilines is 1. The maximum atomic E-state index is 11.2. The lowest BCUT2D eigenvalue weighted by molar-refractivity contribution is -0.131. The molecule has 4 nitrogen and oxygen atoms in total. The van der Waals surface area contributed by atoms with Crippen LogP contribution in [0.3, 0.4) is 0 Å². The van der Waals surface area contributed by atoms with Gasteiger partial charge in [-0.25, -0.2) is 4.79 Å². The minimum Gasteiger partial charge on any atom is -0.478 e. The number of hydrogen-bond donors (Lipinski definition) is 2. The number of halogens is 2. The molecular weight excluding hydrogens is 253 g/mol. The predicted molar refractivity (Wildman–Crippen MR) is 61.9 cm³/mol. The molecule has 6 heteroatoms. The van der Waals surface area contributed by atoms with Gasteiger partial charge in [0.2, 0.25) is 5.91 Å². The zero-order valence-electron chi connectivity index (χ0n) is 7.91. The molecule has 0 heterocycles. The smallest absolute Gasteiger partial charge is 0.328 e. The first-order chi connectivity index (χ1) is 7.49. The summed E-state index contributed by atoms with van der Waals surface area (Å²) < 4.78 is 0. The summed E-state index contributed by atoms with van der Waals surface area (Å²) in [4.78, 5) is 21.3. The highest BCUT2D eigenvalue weighted by molar-refractivity contribution is 6.42. The molecule has 1 aromatic rings. The van der Waals surface area contributed by atoms with Crippen LogP contribution in [0.25, 0.3) is 0 Å². The van der Waals surface area contributed by atoms with E-state index in [1.165, 1.54) is 12.1 Å². The van der Waals surface area contributed by atoms with Crippen LogP contribution in [-0.2, 0) is 9.59 Å². The molecule has 0 atom stereocenters. The summed E-state index contributed by atoms with van der Waals surface area (Å²) in [6.07, 6.45) is 1.65. The third-order valence-electron chi connectivity index (χ3n) is 1.56. The number of benzene rings is 1. The largest absolute Gasteiger partial charge is 0.478 e. The molecule has 0 fully saturated rings. The number of carboxylic acids is 1. The van der Waals surface area contributed by atoms with Gasteiger partial charge in [0.1, 0.15) is 0 Å². The van der Waals surface area contributed by atoms with Gasteiger partial charge in [-0.2, -0.15) is 0 Å². The Labute approximate surface area is 101 Å². The first kappa shape index (κ1) is 12.5. The molecule has 0 spiro atoms. The van der Waals surface area contributed by atoms with Gasteiger partial charge >= 0.3 is 5.97 Å². The van der Waals surface area contributed by atoms with Gasteiger partial charge in [-0.1, -0.05) is 23.2 Å². The predicted octanol–water partition coefficient (Wildman–Crippen LogP) is 2.57. The highest BCUT2D eigenvalue weighted by Crippen LogP contribution is 2.24. The van der Waals surface area contributed by atoms with Crippen molar-refractivity contribution < 1.29 is 14.7 Å². The van der Waals surface area contributed by atoms with E-state index >= 15 is 0 Å². The van der Waals surface area contributed by atoms with Crippen LogP contribution in [0.1, 0.15) is 0 Å². The zero-order valence-corrected chi connectivity index (χ0v) is 9.42. The van der Waals surface area contributed by atoms with E-state index in [0.717, 1.165) is 12.2 Å². The van der Waals surface area contributed by atoms with E-state index < -0.39 is 11.9 Å². The topological polar surface area (TPSA) is 66.4 Å². The third-order valence-corrected chi connectivity index (χ3v) is 2.30. The second-order valence-corrected chi connectivity index (χ2v) is 3.60. The van der Waals surface area contributed by atoms with E-state index in [1.54, 1.807) is 6.07 Å². The number of carbonyl (C=O) groups excluding carboxylic acids is 1. The number of carboxylic acid groups (broad SMARTS) is 1. The molecular formula is C10H7Cl2NO3. The second kappa shape index (κ2) is 5.53. The Morgan fingerprint density at radius 3 is 2.44 bits per heavy atom. The Bertz CT molecular complexity index is 457. The summed E-state index contributed by atoms with van der Waals surface area (Å²) in [7, 11) is 0. The van der Waals surface area contributed by atoms with Crippen molar-refractivity contribution in [1.29, 1.82) is 0 Å². The monoisotopic (exact) mass is 259 g/mol. The number of amides is 1. The summed E-state index contributed by atoms with van der Waals surface area (Å²) in [6.45, 7) is 0. The van der Waals surface area contributed by atoms with Crippen molar-refractivity contribution >= 4 is 40.8 Å². The fraction of sp³-hybridized carbons (Fsp3) is 0. The molecule has 0 aliphatic rings. The van der Waals surface area contributed by atoms with E-state index in [0.29, 0.717) is 15.7 Å². The number of nitrogens with one attached hydrogen (secondary N) is 1. The molecule has 0 unspecified atom stereocenters.